The fraction of sp³-hybridized carbons (Fsp3) is 0.545. The first kappa shape index (κ1) is 21.3. The molecular formula is C22H38N5+. The van der Waals surface area contributed by atoms with Crippen LogP contribution in [-0.2, 0) is 0 Å². The standard InChI is InChI=1S/C22H38N5/c1-17-15-19(7-9-21(17)23)25-11-5-13-27(3,4)14-6-12-26-20-8-10-22(24)18(2)16-20/h7-9,15-16,22,25-26H,5-6,10-14,23-24H2,1-4H3/q+1. The third-order valence-corrected chi connectivity index (χ3v) is 5.37. The van der Waals surface area contributed by atoms with Gasteiger partial charge in [-0.05, 0) is 50.1 Å². The van der Waals surface area contributed by atoms with Gasteiger partial charge in [0, 0.05) is 49.0 Å². The minimum atomic E-state index is 0.192. The molecule has 0 heterocycles. The smallest absolute Gasteiger partial charge is 0.0799 e. The summed E-state index contributed by atoms with van der Waals surface area (Å²) in [4.78, 5) is 0. The Morgan fingerprint density at radius 1 is 1.07 bits per heavy atom. The van der Waals surface area contributed by atoms with Crippen molar-refractivity contribution in [2.24, 2.45) is 5.73 Å². The van der Waals surface area contributed by atoms with Gasteiger partial charge in [0.05, 0.1) is 27.2 Å². The van der Waals surface area contributed by atoms with Crippen molar-refractivity contribution in [3.63, 3.8) is 0 Å². The Morgan fingerprint density at radius 3 is 2.37 bits per heavy atom. The number of nitrogen functional groups attached to an aromatic ring is 1. The second kappa shape index (κ2) is 9.81. The first-order valence-electron chi connectivity index (χ1n) is 10.1. The van der Waals surface area contributed by atoms with Crippen molar-refractivity contribution in [1.82, 2.24) is 5.32 Å². The van der Waals surface area contributed by atoms with E-state index >= 15 is 0 Å². The largest absolute Gasteiger partial charge is 0.399 e. The molecule has 1 unspecified atom stereocenters. The Balaban J connectivity index is 1.61. The van der Waals surface area contributed by atoms with E-state index in [0.29, 0.717) is 0 Å². The second-order valence-corrected chi connectivity index (χ2v) is 8.40. The molecule has 27 heavy (non-hydrogen) atoms. The first-order chi connectivity index (χ1) is 12.8. The van der Waals surface area contributed by atoms with E-state index in [4.69, 9.17) is 11.5 Å². The van der Waals surface area contributed by atoms with Crippen LogP contribution in [0.5, 0.6) is 0 Å². The molecule has 5 nitrogen and oxygen atoms in total. The van der Waals surface area contributed by atoms with Gasteiger partial charge in [-0.2, -0.15) is 0 Å². The van der Waals surface area contributed by atoms with E-state index < -0.39 is 0 Å². The second-order valence-electron chi connectivity index (χ2n) is 8.40. The van der Waals surface area contributed by atoms with Crippen LogP contribution >= 0.6 is 0 Å². The highest BCUT2D eigenvalue weighted by Gasteiger charge is 2.14. The maximum absolute atomic E-state index is 6.01. The van der Waals surface area contributed by atoms with Crippen LogP contribution < -0.4 is 22.1 Å². The number of anilines is 2. The molecule has 1 aromatic rings. The van der Waals surface area contributed by atoms with Gasteiger partial charge in [-0.1, -0.05) is 11.6 Å². The number of nitrogens with zero attached hydrogens (tertiary/aromatic N) is 1. The Labute approximate surface area is 165 Å². The molecule has 6 N–H and O–H groups in total. The van der Waals surface area contributed by atoms with Crippen LogP contribution in [0, 0.1) is 6.92 Å². The molecular weight excluding hydrogens is 334 g/mol. The van der Waals surface area contributed by atoms with Gasteiger partial charge in [0.25, 0.3) is 0 Å². The molecule has 1 atom stereocenters. The van der Waals surface area contributed by atoms with E-state index in [0.717, 1.165) is 60.3 Å². The van der Waals surface area contributed by atoms with Gasteiger partial charge >= 0.3 is 0 Å². The monoisotopic (exact) mass is 372 g/mol. The average molecular weight is 373 g/mol. The molecule has 2 rings (SSSR count). The van der Waals surface area contributed by atoms with Crippen molar-refractivity contribution >= 4 is 11.4 Å². The number of hydrogen-bond acceptors (Lipinski definition) is 4. The third kappa shape index (κ3) is 7.27. The van der Waals surface area contributed by atoms with Crippen LogP contribution in [-0.4, -0.2) is 50.8 Å². The summed E-state index contributed by atoms with van der Waals surface area (Å²) in [5, 5.41) is 7.04. The fourth-order valence-electron chi connectivity index (χ4n) is 3.35. The number of aryl methyl sites for hydroxylation is 1. The molecule has 0 aromatic heterocycles. The molecule has 1 aliphatic carbocycles. The van der Waals surface area contributed by atoms with E-state index in [9.17, 15) is 0 Å². The normalized spacial score (nSPS) is 17.3. The molecule has 0 aliphatic heterocycles. The summed E-state index contributed by atoms with van der Waals surface area (Å²) in [5.74, 6) is 0. The molecule has 1 aliphatic rings. The van der Waals surface area contributed by atoms with Gasteiger partial charge in [-0.15, -0.1) is 0 Å². The minimum Gasteiger partial charge on any atom is -0.399 e. The molecule has 5 heteroatoms. The summed E-state index contributed by atoms with van der Waals surface area (Å²) in [6, 6.07) is 6.33. The number of hydrogen-bond donors (Lipinski definition) is 4. The predicted octanol–water partition coefficient (Wildman–Crippen LogP) is 3.00. The van der Waals surface area contributed by atoms with Crippen LogP contribution in [0.4, 0.5) is 11.4 Å². The summed E-state index contributed by atoms with van der Waals surface area (Å²) in [6.07, 6.45) is 7.64. The zero-order chi connectivity index (χ0) is 19.9. The van der Waals surface area contributed by atoms with Crippen LogP contribution in [0.25, 0.3) is 0 Å². The van der Waals surface area contributed by atoms with Gasteiger partial charge in [-0.25, -0.2) is 0 Å². The maximum Gasteiger partial charge on any atom is 0.0799 e. The van der Waals surface area contributed by atoms with Gasteiger partial charge in [0.15, 0.2) is 0 Å². The average Bonchev–Trinajstić information content (AvgIpc) is 2.62. The zero-order valence-corrected chi connectivity index (χ0v) is 17.5. The molecule has 0 radical (unpaired) electrons. The lowest BCUT2D eigenvalue weighted by Gasteiger charge is -2.30. The van der Waals surface area contributed by atoms with Gasteiger partial charge < -0.3 is 26.6 Å². The van der Waals surface area contributed by atoms with Crippen LogP contribution in [0.1, 0.15) is 31.7 Å². The summed E-state index contributed by atoms with van der Waals surface area (Å²) in [5.41, 5.74) is 17.5. The number of benzene rings is 1. The van der Waals surface area contributed by atoms with Crippen molar-refractivity contribution in [2.75, 3.05) is 51.3 Å². The van der Waals surface area contributed by atoms with Crippen LogP contribution in [0.3, 0.4) is 0 Å². The highest BCUT2D eigenvalue weighted by atomic mass is 15.3. The molecule has 0 fully saturated rings. The number of allylic oxidation sites excluding steroid dienone is 1. The van der Waals surface area contributed by atoms with E-state index in [1.54, 1.807) is 0 Å². The summed E-state index contributed by atoms with van der Waals surface area (Å²) >= 11 is 0. The lowest BCUT2D eigenvalue weighted by molar-refractivity contribution is -0.890. The highest BCUT2D eigenvalue weighted by Crippen LogP contribution is 2.17. The Morgan fingerprint density at radius 2 is 1.74 bits per heavy atom. The number of quaternary nitrogens is 1. The van der Waals surface area contributed by atoms with Gasteiger partial charge in [0.2, 0.25) is 0 Å². The summed E-state index contributed by atoms with van der Waals surface area (Å²) < 4.78 is 1.04. The number of nitrogens with two attached hydrogens (primary N) is 2. The van der Waals surface area contributed by atoms with Crippen molar-refractivity contribution in [3.8, 4) is 0 Å². The third-order valence-electron chi connectivity index (χ3n) is 5.37. The van der Waals surface area contributed by atoms with Crippen LogP contribution in [0.15, 0.2) is 41.6 Å². The Hall–Kier alpha value is -1.98. The van der Waals surface area contributed by atoms with Crippen molar-refractivity contribution in [3.05, 3.63) is 47.2 Å². The summed E-state index contributed by atoms with van der Waals surface area (Å²) in [6.45, 7) is 8.49. The number of rotatable bonds is 10. The zero-order valence-electron chi connectivity index (χ0n) is 17.5. The minimum absolute atomic E-state index is 0.192. The van der Waals surface area contributed by atoms with E-state index in [2.05, 4.69) is 55.9 Å². The first-order valence-corrected chi connectivity index (χ1v) is 10.1. The lowest BCUT2D eigenvalue weighted by atomic mass is 10.00. The molecule has 1 aromatic carbocycles. The summed E-state index contributed by atoms with van der Waals surface area (Å²) in [7, 11) is 4.63. The van der Waals surface area contributed by atoms with E-state index in [1.165, 1.54) is 17.8 Å². The topological polar surface area (TPSA) is 76.1 Å². The molecule has 0 spiro atoms. The quantitative estimate of drug-likeness (QED) is 0.289. The Bertz CT molecular complexity index is 675. The fourth-order valence-corrected chi connectivity index (χ4v) is 3.35. The van der Waals surface area contributed by atoms with Crippen molar-refractivity contribution in [1.29, 1.82) is 0 Å². The predicted molar refractivity (Wildman–Crippen MR) is 118 cm³/mol. The molecule has 0 bridgehead atoms. The van der Waals surface area contributed by atoms with Gasteiger partial charge in [-0.3, -0.25) is 0 Å². The van der Waals surface area contributed by atoms with E-state index in [-0.39, 0.29) is 6.04 Å². The van der Waals surface area contributed by atoms with Crippen molar-refractivity contribution in [2.45, 2.75) is 39.2 Å². The lowest BCUT2D eigenvalue weighted by Crippen LogP contribution is -2.42. The molecule has 0 amide bonds. The molecule has 0 saturated carbocycles. The number of nitrogens with one attached hydrogen (secondary N) is 2. The van der Waals surface area contributed by atoms with Crippen LogP contribution in [0.2, 0.25) is 0 Å². The maximum atomic E-state index is 6.01. The highest BCUT2D eigenvalue weighted by molar-refractivity contribution is 5.56. The Kier molecular flexibility index (Phi) is 7.75. The van der Waals surface area contributed by atoms with Crippen molar-refractivity contribution < 1.29 is 4.48 Å². The van der Waals surface area contributed by atoms with E-state index in [1.807, 2.05) is 13.0 Å². The molecule has 150 valence electrons. The van der Waals surface area contributed by atoms with Gasteiger partial charge in [0.1, 0.15) is 0 Å². The SMILES string of the molecule is CC1=CC(NCCC[N+](C)(C)CCCNc2ccc(N)c(C)c2)=CCC1N. The molecule has 0 saturated heterocycles.